The van der Waals surface area contributed by atoms with Crippen LogP contribution in [0.1, 0.15) is 18.4 Å². The van der Waals surface area contributed by atoms with E-state index in [9.17, 15) is 19.5 Å². The molecule has 2 aromatic rings. The lowest BCUT2D eigenvalue weighted by molar-refractivity contribution is -0.145. The van der Waals surface area contributed by atoms with Crippen molar-refractivity contribution in [3.05, 3.63) is 59.1 Å². The quantitative estimate of drug-likeness (QED) is 0.445. The Balaban J connectivity index is 1.77. The lowest BCUT2D eigenvalue weighted by Crippen LogP contribution is -2.51. The van der Waals surface area contributed by atoms with E-state index in [-0.39, 0.29) is 19.4 Å². The second kappa shape index (κ2) is 12.5. The molecule has 0 radical (unpaired) electrons. The maximum Gasteiger partial charge on any atom is 0.309 e. The summed E-state index contributed by atoms with van der Waals surface area (Å²) >= 11 is 6.09. The van der Waals surface area contributed by atoms with Gasteiger partial charge in [0, 0.05) is 37.1 Å². The number of amides is 1. The number of halogens is 1. The second-order valence-electron chi connectivity index (χ2n) is 8.34. The van der Waals surface area contributed by atoms with Gasteiger partial charge >= 0.3 is 11.9 Å². The number of ether oxygens (including phenoxy) is 1. The van der Waals surface area contributed by atoms with Crippen molar-refractivity contribution in [2.24, 2.45) is 5.92 Å². The van der Waals surface area contributed by atoms with Crippen molar-refractivity contribution in [2.45, 2.75) is 25.3 Å². The maximum atomic E-state index is 12.4. The smallest absolute Gasteiger partial charge is 0.309 e. The average Bonchev–Trinajstić information content (AvgIpc) is 2.82. The molecule has 182 valence electrons. The van der Waals surface area contributed by atoms with Crippen molar-refractivity contribution < 1.29 is 29.3 Å². The Morgan fingerprint density at radius 1 is 1.00 bits per heavy atom. The van der Waals surface area contributed by atoms with Crippen LogP contribution in [-0.4, -0.2) is 71.8 Å². The van der Waals surface area contributed by atoms with Crippen LogP contribution in [0.5, 0.6) is 0 Å². The van der Waals surface area contributed by atoms with Crippen LogP contribution in [0.4, 0.5) is 0 Å². The molecule has 8 nitrogen and oxygen atoms in total. The Morgan fingerprint density at radius 3 is 2.32 bits per heavy atom. The molecule has 1 aliphatic rings. The standard InChI is InChI=1S/C25H29ClN2O6/c26-20-3-1-2-19(15-20)18-6-4-17(5-7-18)14-22(27-23(29)8-9-24(30)31)21(25(32)33)16-28-10-12-34-13-11-28/h1-7,15,21-22H,8-14,16H2,(H,27,29)(H,30,31)(H,32,33). The molecule has 0 saturated carbocycles. The third-order valence-electron chi connectivity index (χ3n) is 5.84. The number of nitrogens with one attached hydrogen (secondary N) is 1. The number of hydrogen-bond donors (Lipinski definition) is 3. The highest BCUT2D eigenvalue weighted by molar-refractivity contribution is 6.30. The summed E-state index contributed by atoms with van der Waals surface area (Å²) in [7, 11) is 0. The highest BCUT2D eigenvalue weighted by Crippen LogP contribution is 2.24. The molecule has 34 heavy (non-hydrogen) atoms. The molecule has 1 fully saturated rings. The molecule has 1 heterocycles. The minimum Gasteiger partial charge on any atom is -0.481 e. The number of hydrogen-bond acceptors (Lipinski definition) is 5. The van der Waals surface area contributed by atoms with Crippen molar-refractivity contribution in [1.29, 1.82) is 0 Å². The summed E-state index contributed by atoms with van der Waals surface area (Å²) in [6, 6.07) is 14.5. The molecular weight excluding hydrogens is 460 g/mol. The van der Waals surface area contributed by atoms with Gasteiger partial charge in [0.15, 0.2) is 0 Å². The number of carbonyl (C=O) groups is 3. The first-order valence-electron chi connectivity index (χ1n) is 11.2. The molecule has 3 N–H and O–H groups in total. The Kier molecular flexibility index (Phi) is 9.44. The number of carboxylic acids is 2. The second-order valence-corrected chi connectivity index (χ2v) is 8.77. The maximum absolute atomic E-state index is 12.4. The fourth-order valence-electron chi connectivity index (χ4n) is 3.99. The van der Waals surface area contributed by atoms with Gasteiger partial charge in [-0.3, -0.25) is 19.3 Å². The third kappa shape index (κ3) is 7.83. The first-order valence-corrected chi connectivity index (χ1v) is 11.6. The predicted molar refractivity (Wildman–Crippen MR) is 128 cm³/mol. The Labute approximate surface area is 203 Å². The molecule has 1 aliphatic heterocycles. The molecule has 0 spiro atoms. The molecule has 0 aliphatic carbocycles. The van der Waals surface area contributed by atoms with Crippen LogP contribution in [0.15, 0.2) is 48.5 Å². The molecule has 1 amide bonds. The summed E-state index contributed by atoms with van der Waals surface area (Å²) < 4.78 is 5.35. The molecular formula is C25H29ClN2O6. The lowest BCUT2D eigenvalue weighted by Gasteiger charge is -2.32. The SMILES string of the molecule is O=C(O)CCC(=O)NC(Cc1ccc(-c2cccc(Cl)c2)cc1)C(CN1CCOCC1)C(=O)O. The molecule has 0 bridgehead atoms. The highest BCUT2D eigenvalue weighted by Gasteiger charge is 2.32. The van der Waals surface area contributed by atoms with Crippen LogP contribution in [0, 0.1) is 5.92 Å². The van der Waals surface area contributed by atoms with Crippen LogP contribution in [0.2, 0.25) is 5.02 Å². The Morgan fingerprint density at radius 2 is 1.71 bits per heavy atom. The summed E-state index contributed by atoms with van der Waals surface area (Å²) in [5.41, 5.74) is 2.80. The van der Waals surface area contributed by atoms with Crippen LogP contribution in [0.3, 0.4) is 0 Å². The zero-order valence-electron chi connectivity index (χ0n) is 18.8. The molecule has 1 saturated heterocycles. The zero-order chi connectivity index (χ0) is 24.5. The van der Waals surface area contributed by atoms with Gasteiger partial charge in [0.25, 0.3) is 0 Å². The Bertz CT molecular complexity index is 991. The largest absolute Gasteiger partial charge is 0.481 e. The van der Waals surface area contributed by atoms with E-state index in [1.807, 2.05) is 47.4 Å². The van der Waals surface area contributed by atoms with E-state index in [1.54, 1.807) is 6.07 Å². The number of carbonyl (C=O) groups excluding carboxylic acids is 1. The third-order valence-corrected chi connectivity index (χ3v) is 6.08. The van der Waals surface area contributed by atoms with E-state index in [0.29, 0.717) is 37.7 Å². The summed E-state index contributed by atoms with van der Waals surface area (Å²) in [5, 5.41) is 22.3. The van der Waals surface area contributed by atoms with Crippen LogP contribution >= 0.6 is 11.6 Å². The summed E-state index contributed by atoms with van der Waals surface area (Å²) in [6.45, 7) is 2.58. The fraction of sp³-hybridized carbons (Fsp3) is 0.400. The van der Waals surface area contributed by atoms with Gasteiger partial charge in [0.2, 0.25) is 5.91 Å². The van der Waals surface area contributed by atoms with Gasteiger partial charge in [-0.25, -0.2) is 0 Å². The average molecular weight is 489 g/mol. The van der Waals surface area contributed by atoms with Gasteiger partial charge in [-0.1, -0.05) is 48.0 Å². The van der Waals surface area contributed by atoms with Crippen LogP contribution in [-0.2, 0) is 25.5 Å². The number of carboxylic acid groups (broad SMARTS) is 2. The predicted octanol–water partition coefficient (Wildman–Crippen LogP) is 2.93. The number of aliphatic carboxylic acids is 2. The van der Waals surface area contributed by atoms with Gasteiger partial charge in [-0.15, -0.1) is 0 Å². The van der Waals surface area contributed by atoms with E-state index < -0.39 is 29.8 Å². The topological polar surface area (TPSA) is 116 Å². The van der Waals surface area contributed by atoms with Crippen LogP contribution in [0.25, 0.3) is 11.1 Å². The highest BCUT2D eigenvalue weighted by atomic mass is 35.5. The summed E-state index contributed by atoms with van der Waals surface area (Å²) in [4.78, 5) is 37.5. The van der Waals surface area contributed by atoms with E-state index in [2.05, 4.69) is 5.32 Å². The van der Waals surface area contributed by atoms with E-state index in [4.69, 9.17) is 21.4 Å². The van der Waals surface area contributed by atoms with Crippen molar-refractivity contribution in [3.8, 4) is 11.1 Å². The van der Waals surface area contributed by atoms with Gasteiger partial charge in [0.1, 0.15) is 0 Å². The minimum atomic E-state index is -1.08. The van der Waals surface area contributed by atoms with Crippen molar-refractivity contribution >= 4 is 29.4 Å². The van der Waals surface area contributed by atoms with Gasteiger partial charge in [0.05, 0.1) is 25.6 Å². The first-order chi connectivity index (χ1) is 16.3. The van der Waals surface area contributed by atoms with E-state index in [1.165, 1.54) is 0 Å². The Hall–Kier alpha value is -2.94. The zero-order valence-corrected chi connectivity index (χ0v) is 19.5. The summed E-state index contributed by atoms with van der Waals surface area (Å²) in [5.74, 6) is -3.42. The van der Waals surface area contributed by atoms with Gasteiger partial charge in [-0.05, 0) is 35.2 Å². The van der Waals surface area contributed by atoms with E-state index >= 15 is 0 Å². The van der Waals surface area contributed by atoms with Gasteiger partial charge in [-0.2, -0.15) is 0 Å². The summed E-state index contributed by atoms with van der Waals surface area (Å²) in [6.07, 6.45) is -0.215. The first kappa shape index (κ1) is 25.7. The lowest BCUT2D eigenvalue weighted by atomic mass is 9.91. The number of morpholine rings is 1. The van der Waals surface area contributed by atoms with Crippen molar-refractivity contribution in [1.82, 2.24) is 10.2 Å². The molecule has 2 atom stereocenters. The molecule has 3 rings (SSSR count). The fourth-order valence-corrected chi connectivity index (χ4v) is 4.18. The van der Waals surface area contributed by atoms with Gasteiger partial charge < -0.3 is 20.3 Å². The number of nitrogens with zero attached hydrogens (tertiary/aromatic N) is 1. The van der Waals surface area contributed by atoms with Crippen molar-refractivity contribution in [3.63, 3.8) is 0 Å². The van der Waals surface area contributed by atoms with E-state index in [0.717, 1.165) is 16.7 Å². The normalized spacial score (nSPS) is 15.9. The molecule has 2 aromatic carbocycles. The monoisotopic (exact) mass is 488 g/mol. The minimum absolute atomic E-state index is 0.205. The van der Waals surface area contributed by atoms with Crippen LogP contribution < -0.4 is 5.32 Å². The molecule has 0 aromatic heterocycles. The number of rotatable bonds is 11. The van der Waals surface area contributed by atoms with Crippen molar-refractivity contribution in [2.75, 3.05) is 32.8 Å². The molecule has 9 heteroatoms. The molecule has 2 unspecified atom stereocenters. The number of benzene rings is 2.